The summed E-state index contributed by atoms with van der Waals surface area (Å²) in [5, 5.41) is 3.06. The highest BCUT2D eigenvalue weighted by molar-refractivity contribution is 5.72. The second kappa shape index (κ2) is 7.23. The van der Waals surface area contributed by atoms with Crippen LogP contribution < -0.4 is 5.32 Å². The van der Waals surface area contributed by atoms with E-state index in [1.54, 1.807) is 6.92 Å². The second-order valence-electron chi connectivity index (χ2n) is 3.38. The Labute approximate surface area is 90.1 Å². The van der Waals surface area contributed by atoms with Gasteiger partial charge in [-0.2, -0.15) is 0 Å². The van der Waals surface area contributed by atoms with E-state index in [2.05, 4.69) is 14.8 Å². The van der Waals surface area contributed by atoms with Crippen molar-refractivity contribution in [1.29, 1.82) is 0 Å². The van der Waals surface area contributed by atoms with Gasteiger partial charge in [-0.25, -0.2) is 0 Å². The molecule has 0 bridgehead atoms. The molecule has 0 aliphatic heterocycles. The van der Waals surface area contributed by atoms with Gasteiger partial charge in [0.2, 0.25) is 0 Å². The summed E-state index contributed by atoms with van der Waals surface area (Å²) >= 11 is 0. The lowest BCUT2D eigenvalue weighted by atomic mass is 10.0. The number of carbonyl (C=O) groups excluding carboxylic acids is 2. The predicted molar refractivity (Wildman–Crippen MR) is 55.3 cm³/mol. The van der Waals surface area contributed by atoms with Crippen molar-refractivity contribution in [3.8, 4) is 0 Å². The van der Waals surface area contributed by atoms with E-state index in [0.717, 1.165) is 0 Å². The molecule has 0 saturated heterocycles. The maximum absolute atomic E-state index is 11.2. The molecule has 0 rings (SSSR count). The lowest BCUT2D eigenvalue weighted by Crippen LogP contribution is -2.37. The van der Waals surface area contributed by atoms with Crippen LogP contribution in [0.2, 0.25) is 0 Å². The highest BCUT2D eigenvalue weighted by Crippen LogP contribution is 2.04. The van der Waals surface area contributed by atoms with Gasteiger partial charge in [0.1, 0.15) is 0 Å². The maximum Gasteiger partial charge on any atom is 0.309 e. The summed E-state index contributed by atoms with van der Waals surface area (Å²) in [4.78, 5) is 22.0. The number of hydrogen-bond donors (Lipinski definition) is 1. The van der Waals surface area contributed by atoms with Crippen LogP contribution in [0, 0.1) is 5.92 Å². The largest absolute Gasteiger partial charge is 0.469 e. The monoisotopic (exact) mass is 217 g/mol. The summed E-state index contributed by atoms with van der Waals surface area (Å²) in [6.07, 6.45) is 0.300. The molecule has 0 aromatic heterocycles. The molecular weight excluding hydrogens is 198 g/mol. The Morgan fingerprint density at radius 1 is 1.20 bits per heavy atom. The van der Waals surface area contributed by atoms with E-state index in [9.17, 15) is 9.59 Å². The fourth-order valence-electron chi connectivity index (χ4n) is 1.07. The first-order chi connectivity index (χ1) is 7.02. The number of carbonyl (C=O) groups is 2. The number of esters is 2. The molecule has 0 aliphatic rings. The summed E-state index contributed by atoms with van der Waals surface area (Å²) in [6, 6.07) is -0.0258. The molecule has 0 fully saturated rings. The Hall–Kier alpha value is -1.10. The molecule has 0 aromatic rings. The van der Waals surface area contributed by atoms with Gasteiger partial charge < -0.3 is 14.8 Å². The van der Waals surface area contributed by atoms with Gasteiger partial charge in [-0.3, -0.25) is 9.59 Å². The van der Waals surface area contributed by atoms with Crippen molar-refractivity contribution in [2.75, 3.05) is 20.8 Å². The number of nitrogens with one attached hydrogen (secondary N) is 1. The zero-order valence-electron chi connectivity index (χ0n) is 9.70. The average Bonchev–Trinajstić information content (AvgIpc) is 2.26. The molecule has 0 radical (unpaired) electrons. The van der Waals surface area contributed by atoms with Crippen LogP contribution in [0.3, 0.4) is 0 Å². The van der Waals surface area contributed by atoms with Crippen LogP contribution in [0.15, 0.2) is 0 Å². The van der Waals surface area contributed by atoms with Gasteiger partial charge in [-0.1, -0.05) is 6.92 Å². The molecule has 2 unspecified atom stereocenters. The first-order valence-electron chi connectivity index (χ1n) is 4.91. The highest BCUT2D eigenvalue weighted by Gasteiger charge is 2.20. The third kappa shape index (κ3) is 5.37. The molecule has 0 amide bonds. The zero-order valence-corrected chi connectivity index (χ0v) is 9.70. The van der Waals surface area contributed by atoms with Crippen molar-refractivity contribution in [1.82, 2.24) is 5.32 Å². The van der Waals surface area contributed by atoms with Crippen LogP contribution in [0.25, 0.3) is 0 Å². The fourth-order valence-corrected chi connectivity index (χ4v) is 1.07. The molecule has 2 atom stereocenters. The zero-order chi connectivity index (χ0) is 11.8. The van der Waals surface area contributed by atoms with Gasteiger partial charge in [0.05, 0.1) is 26.6 Å². The Morgan fingerprint density at radius 2 is 1.80 bits per heavy atom. The van der Waals surface area contributed by atoms with Crippen molar-refractivity contribution in [3.63, 3.8) is 0 Å². The van der Waals surface area contributed by atoms with E-state index in [1.165, 1.54) is 14.2 Å². The lowest BCUT2D eigenvalue weighted by Gasteiger charge is -2.18. The molecule has 1 N–H and O–H groups in total. The van der Waals surface area contributed by atoms with Crippen molar-refractivity contribution in [3.05, 3.63) is 0 Å². The summed E-state index contributed by atoms with van der Waals surface area (Å²) in [7, 11) is 2.71. The average molecular weight is 217 g/mol. The lowest BCUT2D eigenvalue weighted by molar-refractivity contribution is -0.145. The summed E-state index contributed by atoms with van der Waals surface area (Å²) in [5.74, 6) is -0.749. The van der Waals surface area contributed by atoms with Gasteiger partial charge in [-0.05, 0) is 6.92 Å². The van der Waals surface area contributed by atoms with Crippen LogP contribution in [-0.2, 0) is 19.1 Å². The Bertz CT molecular complexity index is 217. The van der Waals surface area contributed by atoms with E-state index in [1.807, 2.05) is 6.92 Å². The molecule has 0 spiro atoms. The van der Waals surface area contributed by atoms with Gasteiger partial charge >= 0.3 is 11.9 Å². The van der Waals surface area contributed by atoms with Crippen molar-refractivity contribution in [2.24, 2.45) is 5.92 Å². The molecule has 0 heterocycles. The highest BCUT2D eigenvalue weighted by atomic mass is 16.5. The summed E-state index contributed by atoms with van der Waals surface area (Å²) in [6.45, 7) is 4.15. The molecule has 0 aliphatic carbocycles. The van der Waals surface area contributed by atoms with Gasteiger partial charge in [0, 0.05) is 12.6 Å². The summed E-state index contributed by atoms with van der Waals surface area (Å²) in [5.41, 5.74) is 0. The van der Waals surface area contributed by atoms with Crippen molar-refractivity contribution >= 4 is 11.9 Å². The van der Waals surface area contributed by atoms with Gasteiger partial charge in [0.15, 0.2) is 0 Å². The normalized spacial score (nSPS) is 14.1. The number of hydrogen-bond acceptors (Lipinski definition) is 5. The van der Waals surface area contributed by atoms with Crippen LogP contribution in [-0.4, -0.2) is 38.7 Å². The van der Waals surface area contributed by atoms with E-state index in [0.29, 0.717) is 13.0 Å². The van der Waals surface area contributed by atoms with Crippen LogP contribution in [0.5, 0.6) is 0 Å². The summed E-state index contributed by atoms with van der Waals surface area (Å²) < 4.78 is 9.10. The first kappa shape index (κ1) is 13.9. The van der Waals surface area contributed by atoms with Gasteiger partial charge in [0.25, 0.3) is 0 Å². The predicted octanol–water partition coefficient (Wildman–Crippen LogP) is 0.337. The number of rotatable bonds is 6. The third-order valence-corrected chi connectivity index (χ3v) is 2.35. The van der Waals surface area contributed by atoms with Crippen molar-refractivity contribution < 1.29 is 19.1 Å². The third-order valence-electron chi connectivity index (χ3n) is 2.35. The van der Waals surface area contributed by atoms with E-state index >= 15 is 0 Å². The van der Waals surface area contributed by atoms with E-state index in [4.69, 9.17) is 0 Å². The molecule has 5 nitrogen and oxygen atoms in total. The molecule has 88 valence electrons. The topological polar surface area (TPSA) is 64.6 Å². The minimum Gasteiger partial charge on any atom is -0.469 e. The minimum atomic E-state index is -0.263. The molecule has 0 saturated carbocycles. The van der Waals surface area contributed by atoms with E-state index < -0.39 is 0 Å². The Morgan fingerprint density at radius 3 is 2.27 bits per heavy atom. The minimum absolute atomic E-state index is 0.0258. The van der Waals surface area contributed by atoms with Crippen LogP contribution >= 0.6 is 0 Å². The van der Waals surface area contributed by atoms with E-state index in [-0.39, 0.29) is 23.9 Å². The molecular formula is C10H19NO4. The number of methoxy groups -OCH3 is 2. The standard InChI is InChI=1S/C10H19NO4/c1-7(10(13)15-4)8(2)11-6-5-9(12)14-3/h7-8,11H,5-6H2,1-4H3. The molecule has 0 aromatic carbocycles. The maximum atomic E-state index is 11.2. The van der Waals surface area contributed by atoms with Crippen LogP contribution in [0.1, 0.15) is 20.3 Å². The fraction of sp³-hybridized carbons (Fsp3) is 0.800. The Balaban J connectivity index is 3.78. The van der Waals surface area contributed by atoms with Gasteiger partial charge in [-0.15, -0.1) is 0 Å². The molecule has 5 heteroatoms. The SMILES string of the molecule is COC(=O)CCNC(C)C(C)C(=O)OC. The molecule has 15 heavy (non-hydrogen) atoms. The quantitative estimate of drug-likeness (QED) is 0.650. The first-order valence-corrected chi connectivity index (χ1v) is 4.91. The number of ether oxygens (including phenoxy) is 2. The van der Waals surface area contributed by atoms with Crippen molar-refractivity contribution in [2.45, 2.75) is 26.3 Å². The Kier molecular flexibility index (Phi) is 6.70. The van der Waals surface area contributed by atoms with Crippen LogP contribution in [0.4, 0.5) is 0 Å². The smallest absolute Gasteiger partial charge is 0.309 e. The second-order valence-corrected chi connectivity index (χ2v) is 3.38.